The van der Waals surface area contributed by atoms with Crippen LogP contribution in [-0.2, 0) is 4.74 Å². The van der Waals surface area contributed by atoms with E-state index in [2.05, 4.69) is 11.1 Å². The average molecular weight is 220 g/mol. The van der Waals surface area contributed by atoms with Crippen molar-refractivity contribution in [1.82, 2.24) is 4.98 Å². The van der Waals surface area contributed by atoms with Gasteiger partial charge in [-0.1, -0.05) is 6.07 Å². The molecule has 4 heteroatoms. The van der Waals surface area contributed by atoms with Crippen LogP contribution in [0.4, 0.5) is 0 Å². The van der Waals surface area contributed by atoms with E-state index in [-0.39, 0.29) is 6.10 Å². The Morgan fingerprint density at radius 2 is 2.19 bits per heavy atom. The summed E-state index contributed by atoms with van der Waals surface area (Å²) in [6.07, 6.45) is -0.271. The maximum Gasteiger partial charge on any atom is 0.225 e. The molecule has 16 heavy (non-hydrogen) atoms. The van der Waals surface area contributed by atoms with Crippen molar-refractivity contribution < 1.29 is 9.15 Å². The van der Waals surface area contributed by atoms with Crippen LogP contribution in [0.3, 0.4) is 0 Å². The summed E-state index contributed by atoms with van der Waals surface area (Å²) in [7, 11) is 1.60. The lowest BCUT2D eigenvalue weighted by Crippen LogP contribution is -2.14. The van der Waals surface area contributed by atoms with Gasteiger partial charge in [-0.25, -0.2) is 4.98 Å². The molecular formula is C12H16N2O2. The maximum atomic E-state index is 5.68. The summed E-state index contributed by atoms with van der Waals surface area (Å²) in [5.41, 5.74) is 9.52. The standard InChI is InChI=1S/C12H16N2O2/c1-7-4-8(2)11-9(5-7)14-12(16-11)10(6-13)15-3/h4-5,10H,6,13H2,1-3H3. The molecule has 86 valence electrons. The van der Waals surface area contributed by atoms with Crippen molar-refractivity contribution >= 4 is 11.1 Å². The minimum absolute atomic E-state index is 0.271. The fourth-order valence-electron chi connectivity index (χ4n) is 1.83. The normalized spacial score (nSPS) is 13.2. The van der Waals surface area contributed by atoms with Gasteiger partial charge in [0.25, 0.3) is 0 Å². The lowest BCUT2D eigenvalue weighted by atomic mass is 10.1. The summed E-state index contributed by atoms with van der Waals surface area (Å²) in [5.74, 6) is 0.550. The molecule has 0 aliphatic carbocycles. The number of aromatic nitrogens is 1. The lowest BCUT2D eigenvalue weighted by Gasteiger charge is -2.06. The van der Waals surface area contributed by atoms with E-state index in [1.807, 2.05) is 19.9 Å². The van der Waals surface area contributed by atoms with Crippen molar-refractivity contribution in [2.75, 3.05) is 13.7 Å². The van der Waals surface area contributed by atoms with E-state index in [1.54, 1.807) is 7.11 Å². The van der Waals surface area contributed by atoms with Gasteiger partial charge in [-0.15, -0.1) is 0 Å². The highest BCUT2D eigenvalue weighted by Gasteiger charge is 2.16. The molecule has 2 N–H and O–H groups in total. The summed E-state index contributed by atoms with van der Waals surface area (Å²) in [4.78, 5) is 4.40. The molecule has 0 fully saturated rings. The van der Waals surface area contributed by atoms with Crippen molar-refractivity contribution in [3.05, 3.63) is 29.2 Å². The smallest absolute Gasteiger partial charge is 0.225 e. The molecule has 1 heterocycles. The zero-order valence-electron chi connectivity index (χ0n) is 9.78. The fraction of sp³-hybridized carbons (Fsp3) is 0.417. The Morgan fingerprint density at radius 3 is 2.81 bits per heavy atom. The van der Waals surface area contributed by atoms with Crippen LogP contribution >= 0.6 is 0 Å². The number of fused-ring (bicyclic) bond motifs is 1. The highest BCUT2D eigenvalue weighted by Crippen LogP contribution is 2.25. The molecule has 0 bridgehead atoms. The number of rotatable bonds is 3. The Labute approximate surface area is 94.4 Å². The van der Waals surface area contributed by atoms with Crippen LogP contribution in [-0.4, -0.2) is 18.6 Å². The van der Waals surface area contributed by atoms with Crippen molar-refractivity contribution in [1.29, 1.82) is 0 Å². The first-order valence-electron chi connectivity index (χ1n) is 5.26. The van der Waals surface area contributed by atoms with Gasteiger partial charge >= 0.3 is 0 Å². The minimum Gasteiger partial charge on any atom is -0.437 e. The number of nitrogens with zero attached hydrogens (tertiary/aromatic N) is 1. The largest absolute Gasteiger partial charge is 0.437 e. The maximum absolute atomic E-state index is 5.68. The number of ether oxygens (including phenoxy) is 1. The van der Waals surface area contributed by atoms with E-state index in [1.165, 1.54) is 5.56 Å². The zero-order valence-corrected chi connectivity index (χ0v) is 9.78. The van der Waals surface area contributed by atoms with Crippen molar-refractivity contribution in [3.8, 4) is 0 Å². The third kappa shape index (κ3) is 1.81. The van der Waals surface area contributed by atoms with Gasteiger partial charge in [-0.05, 0) is 31.0 Å². The molecule has 0 radical (unpaired) electrons. The lowest BCUT2D eigenvalue weighted by molar-refractivity contribution is 0.0878. The van der Waals surface area contributed by atoms with E-state index in [4.69, 9.17) is 14.9 Å². The van der Waals surface area contributed by atoms with Gasteiger partial charge in [0, 0.05) is 13.7 Å². The van der Waals surface area contributed by atoms with Crippen LogP contribution in [0.25, 0.3) is 11.1 Å². The first kappa shape index (κ1) is 11.1. The number of nitrogens with two attached hydrogens (primary N) is 1. The van der Waals surface area contributed by atoms with Gasteiger partial charge in [0.05, 0.1) is 0 Å². The van der Waals surface area contributed by atoms with Crippen molar-refractivity contribution in [2.24, 2.45) is 5.73 Å². The SMILES string of the molecule is COC(CN)c1nc2cc(C)cc(C)c2o1. The fourth-order valence-corrected chi connectivity index (χ4v) is 1.83. The average Bonchev–Trinajstić information content (AvgIpc) is 2.63. The monoisotopic (exact) mass is 220 g/mol. The van der Waals surface area contributed by atoms with Crippen LogP contribution < -0.4 is 5.73 Å². The Morgan fingerprint density at radius 1 is 1.44 bits per heavy atom. The van der Waals surface area contributed by atoms with Gasteiger partial charge in [0.2, 0.25) is 5.89 Å². The molecule has 0 amide bonds. The predicted molar refractivity (Wildman–Crippen MR) is 62.3 cm³/mol. The van der Waals surface area contributed by atoms with Crippen LogP contribution in [0.5, 0.6) is 0 Å². The zero-order chi connectivity index (χ0) is 11.7. The Bertz CT molecular complexity index is 501. The van der Waals surface area contributed by atoms with Crippen molar-refractivity contribution in [3.63, 3.8) is 0 Å². The van der Waals surface area contributed by atoms with Crippen LogP contribution in [0, 0.1) is 13.8 Å². The molecule has 1 aromatic heterocycles. The molecule has 1 aromatic carbocycles. The van der Waals surface area contributed by atoms with Crippen molar-refractivity contribution in [2.45, 2.75) is 20.0 Å². The van der Waals surface area contributed by atoms with E-state index >= 15 is 0 Å². The molecular weight excluding hydrogens is 204 g/mol. The molecule has 0 saturated carbocycles. The summed E-state index contributed by atoms with van der Waals surface area (Å²) >= 11 is 0. The van der Waals surface area contributed by atoms with E-state index < -0.39 is 0 Å². The number of aryl methyl sites for hydroxylation is 2. The van der Waals surface area contributed by atoms with Crippen LogP contribution in [0.15, 0.2) is 16.5 Å². The second-order valence-electron chi connectivity index (χ2n) is 3.94. The summed E-state index contributed by atoms with van der Waals surface area (Å²) in [6, 6.07) is 4.07. The summed E-state index contributed by atoms with van der Waals surface area (Å²) < 4.78 is 10.9. The topological polar surface area (TPSA) is 61.3 Å². The van der Waals surface area contributed by atoms with Gasteiger partial charge in [0.1, 0.15) is 11.6 Å². The van der Waals surface area contributed by atoms with Crippen LogP contribution in [0.2, 0.25) is 0 Å². The van der Waals surface area contributed by atoms with E-state index in [0.29, 0.717) is 12.4 Å². The first-order valence-corrected chi connectivity index (χ1v) is 5.26. The third-order valence-electron chi connectivity index (χ3n) is 2.61. The predicted octanol–water partition coefficient (Wildman–Crippen LogP) is 2.09. The highest BCUT2D eigenvalue weighted by atomic mass is 16.5. The van der Waals surface area contributed by atoms with E-state index in [0.717, 1.165) is 16.7 Å². The first-order chi connectivity index (χ1) is 7.65. The third-order valence-corrected chi connectivity index (χ3v) is 2.61. The quantitative estimate of drug-likeness (QED) is 0.860. The van der Waals surface area contributed by atoms with Gasteiger partial charge in [-0.3, -0.25) is 0 Å². The Balaban J connectivity index is 2.55. The number of hydrogen-bond donors (Lipinski definition) is 1. The number of oxazole rings is 1. The second-order valence-corrected chi connectivity index (χ2v) is 3.94. The number of methoxy groups -OCH3 is 1. The molecule has 2 rings (SSSR count). The molecule has 0 spiro atoms. The number of benzene rings is 1. The molecule has 0 aliphatic heterocycles. The van der Waals surface area contributed by atoms with E-state index in [9.17, 15) is 0 Å². The molecule has 0 saturated heterocycles. The molecule has 1 unspecified atom stereocenters. The van der Waals surface area contributed by atoms with Crippen LogP contribution in [0.1, 0.15) is 23.1 Å². The Kier molecular flexibility index (Phi) is 2.94. The molecule has 1 atom stereocenters. The summed E-state index contributed by atoms with van der Waals surface area (Å²) in [5, 5.41) is 0. The van der Waals surface area contributed by atoms with Gasteiger partial charge < -0.3 is 14.9 Å². The molecule has 4 nitrogen and oxygen atoms in total. The Hall–Kier alpha value is -1.39. The minimum atomic E-state index is -0.271. The molecule has 0 aliphatic rings. The summed E-state index contributed by atoms with van der Waals surface area (Å²) in [6.45, 7) is 4.41. The van der Waals surface area contributed by atoms with Gasteiger partial charge in [-0.2, -0.15) is 0 Å². The second kappa shape index (κ2) is 4.23. The number of hydrogen-bond acceptors (Lipinski definition) is 4. The highest BCUT2D eigenvalue weighted by molar-refractivity contribution is 5.77. The molecule has 2 aromatic rings. The van der Waals surface area contributed by atoms with Gasteiger partial charge in [0.15, 0.2) is 5.58 Å².